The average molecular weight is 358 g/mol. The van der Waals surface area contributed by atoms with Gasteiger partial charge in [-0.1, -0.05) is 11.6 Å². The van der Waals surface area contributed by atoms with Crippen molar-refractivity contribution in [3.63, 3.8) is 0 Å². The number of piperidine rings is 1. The standard InChI is InChI=1S/C15H18ClF2N5O/c1-8(19)9-7-10(16)20-12-11(9)21-14(22(2)13(12)24)23-5-3-15(17,18)4-6-23/h7-8H,3-6,19H2,1-2H3/t8-/m1/s1. The molecule has 0 saturated carbocycles. The van der Waals surface area contributed by atoms with Crippen LogP contribution in [0.25, 0.3) is 11.0 Å². The average Bonchev–Trinajstić information content (AvgIpc) is 2.51. The van der Waals surface area contributed by atoms with Gasteiger partial charge < -0.3 is 10.6 Å². The Morgan fingerprint density at radius 2 is 1.92 bits per heavy atom. The van der Waals surface area contributed by atoms with E-state index >= 15 is 0 Å². The molecule has 130 valence electrons. The molecule has 2 N–H and O–H groups in total. The van der Waals surface area contributed by atoms with Crippen LogP contribution in [0.3, 0.4) is 0 Å². The van der Waals surface area contributed by atoms with Crippen LogP contribution in [0.15, 0.2) is 10.9 Å². The molecule has 0 bridgehead atoms. The second-order valence-electron chi connectivity index (χ2n) is 6.14. The highest BCUT2D eigenvalue weighted by Gasteiger charge is 2.35. The molecule has 2 aromatic heterocycles. The summed E-state index contributed by atoms with van der Waals surface area (Å²) in [6.45, 7) is 2.02. The van der Waals surface area contributed by atoms with Crippen LogP contribution in [-0.4, -0.2) is 33.5 Å². The molecule has 1 aliphatic rings. The van der Waals surface area contributed by atoms with Crippen molar-refractivity contribution in [1.82, 2.24) is 14.5 Å². The summed E-state index contributed by atoms with van der Waals surface area (Å²) in [6.07, 6.45) is -0.528. The third kappa shape index (κ3) is 2.95. The Kier molecular flexibility index (Phi) is 4.21. The minimum Gasteiger partial charge on any atom is -0.342 e. The minimum atomic E-state index is -2.67. The number of anilines is 1. The van der Waals surface area contributed by atoms with Crippen LogP contribution in [-0.2, 0) is 7.05 Å². The van der Waals surface area contributed by atoms with Gasteiger partial charge in [-0.25, -0.2) is 18.7 Å². The maximum atomic E-state index is 13.4. The lowest BCUT2D eigenvalue weighted by atomic mass is 10.1. The Morgan fingerprint density at radius 3 is 2.50 bits per heavy atom. The minimum absolute atomic E-state index is 0.128. The van der Waals surface area contributed by atoms with Crippen molar-refractivity contribution < 1.29 is 8.78 Å². The SMILES string of the molecule is C[C@@H](N)c1cc(Cl)nc2c(=O)n(C)c(N3CCC(F)(F)CC3)nc12. The van der Waals surface area contributed by atoms with Crippen molar-refractivity contribution in [2.45, 2.75) is 31.7 Å². The van der Waals surface area contributed by atoms with Crippen molar-refractivity contribution in [1.29, 1.82) is 0 Å². The fraction of sp³-hybridized carbons (Fsp3) is 0.533. The number of nitrogens with two attached hydrogens (primary N) is 1. The van der Waals surface area contributed by atoms with E-state index in [1.165, 1.54) is 4.57 Å². The van der Waals surface area contributed by atoms with Gasteiger partial charge in [0.2, 0.25) is 5.95 Å². The monoisotopic (exact) mass is 357 g/mol. The first-order chi connectivity index (χ1) is 11.2. The van der Waals surface area contributed by atoms with E-state index in [-0.39, 0.29) is 42.2 Å². The summed E-state index contributed by atoms with van der Waals surface area (Å²) < 4.78 is 28.1. The van der Waals surface area contributed by atoms with Gasteiger partial charge in [-0.15, -0.1) is 0 Å². The molecular formula is C15H18ClF2N5O. The van der Waals surface area contributed by atoms with E-state index < -0.39 is 12.0 Å². The molecule has 1 saturated heterocycles. The highest BCUT2D eigenvalue weighted by molar-refractivity contribution is 6.29. The quantitative estimate of drug-likeness (QED) is 0.834. The van der Waals surface area contributed by atoms with Gasteiger partial charge in [0.25, 0.3) is 11.5 Å². The number of rotatable bonds is 2. The molecule has 1 atom stereocenters. The number of fused-ring (bicyclic) bond motifs is 1. The van der Waals surface area contributed by atoms with E-state index in [0.717, 1.165) is 0 Å². The van der Waals surface area contributed by atoms with Crippen molar-refractivity contribution in [3.05, 3.63) is 27.1 Å². The highest BCUT2D eigenvalue weighted by Crippen LogP contribution is 2.30. The summed E-state index contributed by atoms with van der Waals surface area (Å²) in [5.74, 6) is -2.33. The lowest BCUT2D eigenvalue weighted by molar-refractivity contribution is -0.0223. The summed E-state index contributed by atoms with van der Waals surface area (Å²) in [5, 5.41) is 0.166. The molecular weight excluding hydrogens is 340 g/mol. The molecule has 3 heterocycles. The van der Waals surface area contributed by atoms with Crippen LogP contribution in [0.4, 0.5) is 14.7 Å². The molecule has 9 heteroatoms. The van der Waals surface area contributed by atoms with Gasteiger partial charge in [0, 0.05) is 39.0 Å². The van der Waals surface area contributed by atoms with Crippen LogP contribution >= 0.6 is 11.6 Å². The normalized spacial score (nSPS) is 18.8. The van der Waals surface area contributed by atoms with E-state index in [9.17, 15) is 13.6 Å². The molecule has 6 nitrogen and oxygen atoms in total. The first-order valence-corrected chi connectivity index (χ1v) is 8.03. The number of nitrogens with zero attached hydrogens (tertiary/aromatic N) is 4. The molecule has 0 radical (unpaired) electrons. The van der Waals surface area contributed by atoms with E-state index in [0.29, 0.717) is 17.0 Å². The van der Waals surface area contributed by atoms with E-state index in [2.05, 4.69) is 9.97 Å². The zero-order valence-corrected chi connectivity index (χ0v) is 14.1. The van der Waals surface area contributed by atoms with E-state index in [4.69, 9.17) is 17.3 Å². The highest BCUT2D eigenvalue weighted by atomic mass is 35.5. The van der Waals surface area contributed by atoms with Gasteiger partial charge in [0.1, 0.15) is 10.7 Å². The maximum absolute atomic E-state index is 13.4. The number of pyridine rings is 1. The number of alkyl halides is 2. The van der Waals surface area contributed by atoms with Crippen LogP contribution in [0.1, 0.15) is 31.4 Å². The second kappa shape index (κ2) is 5.93. The summed E-state index contributed by atoms with van der Waals surface area (Å²) >= 11 is 5.98. The Hall–Kier alpha value is -1.80. The zero-order chi connectivity index (χ0) is 17.6. The number of halogens is 3. The van der Waals surface area contributed by atoms with E-state index in [1.807, 2.05) is 0 Å². The lowest BCUT2D eigenvalue weighted by Crippen LogP contribution is -2.42. The topological polar surface area (TPSA) is 77.0 Å². The smallest absolute Gasteiger partial charge is 0.281 e. The summed E-state index contributed by atoms with van der Waals surface area (Å²) in [4.78, 5) is 22.9. The van der Waals surface area contributed by atoms with Gasteiger partial charge in [-0.2, -0.15) is 0 Å². The van der Waals surface area contributed by atoms with Crippen molar-refractivity contribution in [2.24, 2.45) is 12.8 Å². The Bertz CT molecular complexity index is 842. The Balaban J connectivity index is 2.17. The molecule has 0 amide bonds. The maximum Gasteiger partial charge on any atom is 0.281 e. The molecule has 3 rings (SSSR count). The second-order valence-corrected chi connectivity index (χ2v) is 6.53. The molecule has 0 unspecified atom stereocenters. The van der Waals surface area contributed by atoms with Crippen molar-refractivity contribution >= 4 is 28.6 Å². The predicted molar refractivity (Wildman–Crippen MR) is 88.8 cm³/mol. The Labute approximate surface area is 142 Å². The van der Waals surface area contributed by atoms with Gasteiger partial charge in [-0.3, -0.25) is 9.36 Å². The van der Waals surface area contributed by atoms with Gasteiger partial charge in [0.15, 0.2) is 5.52 Å². The van der Waals surface area contributed by atoms with Gasteiger partial charge >= 0.3 is 0 Å². The summed E-state index contributed by atoms with van der Waals surface area (Å²) in [5.41, 5.74) is 6.67. The molecule has 0 aromatic carbocycles. The molecule has 1 fully saturated rings. The number of hydrogen-bond donors (Lipinski definition) is 1. The van der Waals surface area contributed by atoms with Gasteiger partial charge in [-0.05, 0) is 18.6 Å². The lowest BCUT2D eigenvalue weighted by Gasteiger charge is -2.33. The summed E-state index contributed by atoms with van der Waals surface area (Å²) in [7, 11) is 1.55. The predicted octanol–water partition coefficient (Wildman–Crippen LogP) is 2.24. The van der Waals surface area contributed by atoms with Crippen LogP contribution in [0.2, 0.25) is 5.15 Å². The van der Waals surface area contributed by atoms with Crippen LogP contribution in [0.5, 0.6) is 0 Å². The van der Waals surface area contributed by atoms with Gasteiger partial charge in [0.05, 0.1) is 0 Å². The zero-order valence-electron chi connectivity index (χ0n) is 13.4. The largest absolute Gasteiger partial charge is 0.342 e. The first kappa shape index (κ1) is 17.0. The summed E-state index contributed by atoms with van der Waals surface area (Å²) in [6, 6.07) is 1.18. The first-order valence-electron chi connectivity index (χ1n) is 7.65. The Morgan fingerprint density at radius 1 is 1.29 bits per heavy atom. The van der Waals surface area contributed by atoms with Crippen molar-refractivity contribution in [3.8, 4) is 0 Å². The molecule has 1 aliphatic heterocycles. The third-order valence-corrected chi connectivity index (χ3v) is 4.47. The molecule has 0 aliphatic carbocycles. The van der Waals surface area contributed by atoms with Crippen LogP contribution in [0, 0.1) is 0 Å². The molecule has 24 heavy (non-hydrogen) atoms. The van der Waals surface area contributed by atoms with Crippen LogP contribution < -0.4 is 16.2 Å². The third-order valence-electron chi connectivity index (χ3n) is 4.28. The number of hydrogen-bond acceptors (Lipinski definition) is 5. The fourth-order valence-electron chi connectivity index (χ4n) is 2.88. The molecule has 0 spiro atoms. The molecule has 2 aromatic rings. The number of aromatic nitrogens is 3. The van der Waals surface area contributed by atoms with Crippen molar-refractivity contribution in [2.75, 3.05) is 18.0 Å². The van der Waals surface area contributed by atoms with E-state index in [1.54, 1.807) is 24.9 Å². The fourth-order valence-corrected chi connectivity index (χ4v) is 3.08.